The molecular weight excluding hydrogens is 158 g/mol. The van der Waals surface area contributed by atoms with E-state index in [-0.39, 0.29) is 5.92 Å². The van der Waals surface area contributed by atoms with Gasteiger partial charge in [0.25, 0.3) is 0 Å². The molecule has 0 bridgehead atoms. The minimum Gasteiger partial charge on any atom is -0.480 e. The largest absolute Gasteiger partial charge is 0.480 e. The number of rotatable bonds is 4. The summed E-state index contributed by atoms with van der Waals surface area (Å²) < 4.78 is 7.21. The van der Waals surface area contributed by atoms with Crippen LogP contribution in [-0.2, 0) is 9.59 Å². The van der Waals surface area contributed by atoms with Gasteiger partial charge in [-0.05, 0) is 12.3 Å². The Morgan fingerprint density at radius 2 is 2.08 bits per heavy atom. The van der Waals surface area contributed by atoms with E-state index in [9.17, 15) is 9.59 Å². The molecule has 4 nitrogen and oxygen atoms in total. The Bertz CT molecular complexity index is 206. The van der Waals surface area contributed by atoms with E-state index in [4.69, 9.17) is 6.52 Å². The standard InChI is InChI=1S/C8H15NO3/c1-5(2)4-7(8(11)12)9-6(3)10/h5,7H,4H2,1-3H3,(H,9,10)(H,11,12)/t7-/m0/s1/i/hD. The van der Waals surface area contributed by atoms with E-state index in [1.165, 1.54) is 6.92 Å². The maximum absolute atomic E-state index is 10.7. The first-order valence-corrected chi connectivity index (χ1v) is 3.87. The molecule has 1 atom stereocenters. The molecular formula is C8H15NO3. The van der Waals surface area contributed by atoms with Crippen molar-refractivity contribution in [1.82, 2.24) is 5.31 Å². The molecule has 2 N–H and O–H groups in total. The van der Waals surface area contributed by atoms with E-state index in [0.29, 0.717) is 11.7 Å². The summed E-state index contributed by atoms with van der Waals surface area (Å²) in [6, 6.07) is -1.03. The van der Waals surface area contributed by atoms with Gasteiger partial charge in [0.1, 0.15) is 6.04 Å². The zero-order valence-electron chi connectivity index (χ0n) is 8.57. The summed E-state index contributed by atoms with van der Waals surface area (Å²) in [5, 5.41) is 9.24. The van der Waals surface area contributed by atoms with Crippen molar-refractivity contribution in [3.05, 3.63) is 0 Å². The highest BCUT2D eigenvalue weighted by Gasteiger charge is 2.18. The van der Waals surface area contributed by atoms with Gasteiger partial charge in [0.15, 0.2) is 1.41 Å². The maximum atomic E-state index is 10.7. The van der Waals surface area contributed by atoms with E-state index >= 15 is 0 Å². The molecule has 4 heteroatoms. The highest BCUT2D eigenvalue weighted by molar-refractivity contribution is 5.81. The molecule has 0 saturated carbocycles. The fraction of sp³-hybridized carbons (Fsp3) is 0.750. The first-order valence-electron chi connectivity index (χ1n) is 4.32. The van der Waals surface area contributed by atoms with Gasteiger partial charge >= 0.3 is 5.97 Å². The van der Waals surface area contributed by atoms with Crippen molar-refractivity contribution in [3.63, 3.8) is 0 Å². The molecule has 1 amide bonds. The number of carbonyl (C=O) groups excluding carboxylic acids is 1. The van der Waals surface area contributed by atoms with Crippen LogP contribution in [0, 0.1) is 5.92 Å². The molecule has 0 aromatic heterocycles. The number of hydrogen-bond acceptors (Lipinski definition) is 2. The van der Waals surface area contributed by atoms with Crippen LogP contribution >= 0.6 is 0 Å². The summed E-state index contributed by atoms with van der Waals surface area (Å²) in [6.45, 7) is 4.89. The minimum atomic E-state index is -1.13. The molecule has 0 spiro atoms. The summed E-state index contributed by atoms with van der Waals surface area (Å²) in [7, 11) is 0. The van der Waals surface area contributed by atoms with Crippen molar-refractivity contribution in [1.29, 1.82) is 0 Å². The molecule has 12 heavy (non-hydrogen) atoms. The van der Waals surface area contributed by atoms with Crippen LogP contribution in [0.3, 0.4) is 0 Å². The molecule has 0 rings (SSSR count). The smallest absolute Gasteiger partial charge is 0.326 e. The van der Waals surface area contributed by atoms with Gasteiger partial charge in [0, 0.05) is 6.92 Å². The Kier molecular flexibility index (Phi) is 3.57. The Labute approximate surface area is 73.4 Å². The van der Waals surface area contributed by atoms with Gasteiger partial charge in [-0.2, -0.15) is 0 Å². The Morgan fingerprint density at radius 3 is 2.33 bits per heavy atom. The molecule has 0 unspecified atom stereocenters. The van der Waals surface area contributed by atoms with Crippen molar-refractivity contribution in [2.75, 3.05) is 0 Å². The third kappa shape index (κ3) is 4.71. The molecule has 0 heterocycles. The van der Waals surface area contributed by atoms with E-state index in [0.717, 1.165) is 0 Å². The third-order valence-corrected chi connectivity index (χ3v) is 1.32. The van der Waals surface area contributed by atoms with Crippen molar-refractivity contribution in [2.45, 2.75) is 33.2 Å². The monoisotopic (exact) mass is 174 g/mol. The average Bonchev–Trinajstić information content (AvgIpc) is 1.97. The lowest BCUT2D eigenvalue weighted by atomic mass is 10.0. The number of aliphatic carboxylic acids is 1. The predicted molar refractivity (Wildman–Crippen MR) is 44.7 cm³/mol. The molecule has 0 saturated heterocycles. The summed E-state index contributed by atoms with van der Waals surface area (Å²) in [4.78, 5) is 21.4. The van der Waals surface area contributed by atoms with Gasteiger partial charge in [-0.15, -0.1) is 0 Å². The normalized spacial score (nSPS) is 13.8. The van der Waals surface area contributed by atoms with E-state index in [2.05, 4.69) is 0 Å². The summed E-state index contributed by atoms with van der Waals surface area (Å²) in [6.07, 6.45) is 0.304. The number of carboxylic acids is 1. The zero-order chi connectivity index (χ0) is 10.6. The van der Waals surface area contributed by atoms with Gasteiger partial charge in [-0.3, -0.25) is 4.79 Å². The van der Waals surface area contributed by atoms with E-state index in [1.54, 1.807) is 0 Å². The van der Waals surface area contributed by atoms with Gasteiger partial charge in [0.2, 0.25) is 5.91 Å². The fourth-order valence-corrected chi connectivity index (χ4v) is 0.875. The van der Waals surface area contributed by atoms with Gasteiger partial charge in [-0.1, -0.05) is 13.8 Å². The van der Waals surface area contributed by atoms with Crippen molar-refractivity contribution < 1.29 is 16.1 Å². The first-order chi connectivity index (χ1) is 5.86. The van der Waals surface area contributed by atoms with Crippen LogP contribution in [0.25, 0.3) is 0 Å². The van der Waals surface area contributed by atoms with Crippen LogP contribution in [0.1, 0.15) is 27.2 Å². The number of carbonyl (C=O) groups is 2. The third-order valence-electron chi connectivity index (χ3n) is 1.32. The molecule has 70 valence electrons. The van der Waals surface area contributed by atoms with Gasteiger partial charge in [0.05, 0.1) is 0 Å². The van der Waals surface area contributed by atoms with Crippen LogP contribution in [0.5, 0.6) is 0 Å². The quantitative estimate of drug-likeness (QED) is 0.656. The fourth-order valence-electron chi connectivity index (χ4n) is 0.875. The molecule has 0 aromatic carbocycles. The maximum Gasteiger partial charge on any atom is 0.326 e. The second-order valence-corrected chi connectivity index (χ2v) is 3.13. The van der Waals surface area contributed by atoms with E-state index in [1.807, 2.05) is 13.8 Å². The molecule has 0 fully saturated rings. The van der Waals surface area contributed by atoms with Crippen LogP contribution in [-0.4, -0.2) is 23.0 Å². The van der Waals surface area contributed by atoms with Crippen molar-refractivity contribution in [2.24, 2.45) is 5.92 Å². The molecule has 0 radical (unpaired) electrons. The van der Waals surface area contributed by atoms with E-state index < -0.39 is 17.9 Å². The summed E-state index contributed by atoms with van der Waals surface area (Å²) >= 11 is 0. The SMILES string of the molecule is [2H]N(C(C)=O)[C@@H](CC(C)C)C(=O)O. The zero-order valence-corrected chi connectivity index (χ0v) is 7.57. The lowest BCUT2D eigenvalue weighted by molar-refractivity contribution is -0.142. The van der Waals surface area contributed by atoms with Crippen LogP contribution in [0.2, 0.25) is 1.41 Å². The van der Waals surface area contributed by atoms with Crippen molar-refractivity contribution in [3.8, 4) is 0 Å². The molecule has 0 aliphatic rings. The second kappa shape index (κ2) is 4.74. The van der Waals surface area contributed by atoms with Gasteiger partial charge in [-0.25, -0.2) is 4.79 Å². The number of hydrogen-bond donors (Lipinski definition) is 2. The highest BCUT2D eigenvalue weighted by atomic mass is 16.4. The van der Waals surface area contributed by atoms with Crippen molar-refractivity contribution >= 4 is 11.9 Å². The Morgan fingerprint density at radius 1 is 1.58 bits per heavy atom. The predicted octanol–water partition coefficient (Wildman–Crippen LogP) is 0.622. The number of nitrogens with one attached hydrogen (secondary N) is 1. The first kappa shape index (κ1) is 9.03. The lowest BCUT2D eigenvalue weighted by Gasteiger charge is -2.14. The summed E-state index contributed by atoms with van der Waals surface area (Å²) in [5.74, 6) is -1.53. The lowest BCUT2D eigenvalue weighted by Crippen LogP contribution is -2.40. The second-order valence-electron chi connectivity index (χ2n) is 3.13. The molecule has 0 aliphatic heterocycles. The molecule has 0 aromatic rings. The molecule has 0 aliphatic carbocycles. The Balaban J connectivity index is 4.42. The highest BCUT2D eigenvalue weighted by Crippen LogP contribution is 2.04. The Hall–Kier alpha value is -1.06. The van der Waals surface area contributed by atoms with Crippen LogP contribution in [0.4, 0.5) is 0 Å². The number of amides is 1. The summed E-state index contributed by atoms with van der Waals surface area (Å²) in [5.41, 5.74) is 0. The van der Waals surface area contributed by atoms with Crippen LogP contribution in [0.15, 0.2) is 0 Å². The van der Waals surface area contributed by atoms with Crippen LogP contribution < -0.4 is 5.31 Å². The van der Waals surface area contributed by atoms with Gasteiger partial charge < -0.3 is 10.4 Å². The average molecular weight is 174 g/mol. The minimum absolute atomic E-state index is 0.147. The number of carboxylic acid groups (broad SMARTS) is 1. The topological polar surface area (TPSA) is 66.4 Å².